The molecule has 0 aromatic carbocycles. The van der Waals surface area contributed by atoms with E-state index in [4.69, 9.17) is 0 Å². The Labute approximate surface area is 209 Å². The Morgan fingerprint density at radius 2 is 2.11 bits per heavy atom. The summed E-state index contributed by atoms with van der Waals surface area (Å²) in [4.78, 5) is 40.7. The zero-order valence-electron chi connectivity index (χ0n) is 19.4. The minimum Gasteiger partial charge on any atom is -0.385 e. The topological polar surface area (TPSA) is 119 Å². The van der Waals surface area contributed by atoms with Gasteiger partial charge in [-0.2, -0.15) is 5.10 Å². The number of hydrogen-bond acceptors (Lipinski definition) is 8. The summed E-state index contributed by atoms with van der Waals surface area (Å²) >= 11 is 1.62. The molecule has 0 spiro atoms. The summed E-state index contributed by atoms with van der Waals surface area (Å²) in [6.45, 7) is 0. The normalized spacial score (nSPS) is 14.6. The Morgan fingerprint density at radius 1 is 1.19 bits per heavy atom. The van der Waals surface area contributed by atoms with E-state index in [1.807, 2.05) is 23.7 Å². The van der Waals surface area contributed by atoms with Crippen LogP contribution in [0.25, 0.3) is 11.5 Å². The molecular weight excluding hydrogens is 476 g/mol. The van der Waals surface area contributed by atoms with Gasteiger partial charge in [-0.3, -0.25) is 14.2 Å². The lowest BCUT2D eigenvalue weighted by atomic mass is 10.1. The van der Waals surface area contributed by atoms with E-state index in [-0.39, 0.29) is 23.9 Å². The average Bonchev–Trinajstić information content (AvgIpc) is 3.63. The van der Waals surface area contributed by atoms with Crippen LogP contribution < -0.4 is 16.2 Å². The SMILES string of the molecule is CNc1cc(Cc2cccn(-c3ccccn3)c2=O)nn2c(C(=O)NC3CCc4scnc43)cnc12. The van der Waals surface area contributed by atoms with Crippen LogP contribution in [0.1, 0.15) is 44.8 Å². The number of carbonyl (C=O) groups excluding carboxylic acids is 1. The quantitative estimate of drug-likeness (QED) is 0.369. The number of aryl methyl sites for hydroxylation is 1. The van der Waals surface area contributed by atoms with Crippen LogP contribution >= 0.6 is 11.3 Å². The molecule has 11 heteroatoms. The van der Waals surface area contributed by atoms with Crippen LogP contribution in [0.15, 0.2) is 65.3 Å². The van der Waals surface area contributed by atoms with Gasteiger partial charge in [0.2, 0.25) is 0 Å². The van der Waals surface area contributed by atoms with Crippen molar-refractivity contribution < 1.29 is 4.79 Å². The van der Waals surface area contributed by atoms with Gasteiger partial charge in [0, 0.05) is 36.3 Å². The van der Waals surface area contributed by atoms with Crippen molar-refractivity contribution in [2.45, 2.75) is 25.3 Å². The van der Waals surface area contributed by atoms with Crippen molar-refractivity contribution in [2.75, 3.05) is 12.4 Å². The van der Waals surface area contributed by atoms with Crippen molar-refractivity contribution in [3.63, 3.8) is 0 Å². The molecule has 0 aliphatic heterocycles. The molecule has 180 valence electrons. The molecular formula is C25H22N8O2S. The molecule has 0 bridgehead atoms. The smallest absolute Gasteiger partial charge is 0.272 e. The Bertz CT molecular complexity index is 1640. The van der Waals surface area contributed by atoms with Crippen molar-refractivity contribution in [2.24, 2.45) is 0 Å². The number of anilines is 1. The van der Waals surface area contributed by atoms with Crippen LogP contribution in [-0.2, 0) is 12.8 Å². The van der Waals surface area contributed by atoms with Crippen LogP contribution in [0, 0.1) is 0 Å². The van der Waals surface area contributed by atoms with Gasteiger partial charge in [0.05, 0.1) is 34.8 Å². The Morgan fingerprint density at radius 3 is 2.94 bits per heavy atom. The molecule has 2 N–H and O–H groups in total. The highest BCUT2D eigenvalue weighted by Gasteiger charge is 2.28. The number of imidazole rings is 1. The second-order valence-electron chi connectivity index (χ2n) is 8.48. The maximum absolute atomic E-state index is 13.2. The number of nitrogens with zero attached hydrogens (tertiary/aromatic N) is 6. The monoisotopic (exact) mass is 498 g/mol. The first kappa shape index (κ1) is 22.1. The van der Waals surface area contributed by atoms with E-state index in [2.05, 4.69) is 30.7 Å². The van der Waals surface area contributed by atoms with Crippen LogP contribution in [0.5, 0.6) is 0 Å². The van der Waals surface area contributed by atoms with Gasteiger partial charge in [0.15, 0.2) is 11.3 Å². The van der Waals surface area contributed by atoms with Gasteiger partial charge in [0.25, 0.3) is 11.5 Å². The fourth-order valence-electron chi connectivity index (χ4n) is 4.52. The first-order chi connectivity index (χ1) is 17.6. The number of thiazole rings is 1. The summed E-state index contributed by atoms with van der Waals surface area (Å²) in [7, 11) is 1.78. The molecule has 10 nitrogen and oxygen atoms in total. The van der Waals surface area contributed by atoms with E-state index in [1.165, 1.54) is 20.2 Å². The van der Waals surface area contributed by atoms with Gasteiger partial charge in [0.1, 0.15) is 5.82 Å². The average molecular weight is 499 g/mol. The van der Waals surface area contributed by atoms with Gasteiger partial charge in [-0.15, -0.1) is 11.3 Å². The Kier molecular flexibility index (Phi) is 5.53. The van der Waals surface area contributed by atoms with Crippen molar-refractivity contribution >= 4 is 28.6 Å². The fourth-order valence-corrected chi connectivity index (χ4v) is 5.37. The number of rotatable bonds is 6. The molecule has 1 atom stereocenters. The molecule has 6 rings (SSSR count). The molecule has 5 aromatic rings. The second-order valence-corrected chi connectivity index (χ2v) is 9.42. The lowest BCUT2D eigenvalue weighted by Gasteiger charge is -2.13. The predicted molar refractivity (Wildman–Crippen MR) is 136 cm³/mol. The lowest BCUT2D eigenvalue weighted by Crippen LogP contribution is -2.29. The molecule has 0 radical (unpaired) electrons. The Balaban J connectivity index is 1.34. The number of carbonyl (C=O) groups is 1. The van der Waals surface area contributed by atoms with E-state index in [9.17, 15) is 9.59 Å². The van der Waals surface area contributed by atoms with Gasteiger partial charge in [-0.05, 0) is 37.1 Å². The third-order valence-electron chi connectivity index (χ3n) is 6.28. The second kappa shape index (κ2) is 9.00. The number of nitrogens with one attached hydrogen (secondary N) is 2. The summed E-state index contributed by atoms with van der Waals surface area (Å²) in [6.07, 6.45) is 6.89. The van der Waals surface area contributed by atoms with E-state index in [1.54, 1.807) is 49.0 Å². The molecule has 1 unspecified atom stereocenters. The van der Waals surface area contributed by atoms with Crippen LogP contribution in [0.4, 0.5) is 5.69 Å². The highest BCUT2D eigenvalue weighted by atomic mass is 32.1. The van der Waals surface area contributed by atoms with Gasteiger partial charge < -0.3 is 10.6 Å². The molecule has 1 aliphatic carbocycles. The molecule has 5 heterocycles. The maximum Gasteiger partial charge on any atom is 0.272 e. The highest BCUT2D eigenvalue weighted by molar-refractivity contribution is 7.09. The molecule has 0 fully saturated rings. The van der Waals surface area contributed by atoms with Crippen molar-refractivity contribution in [1.29, 1.82) is 0 Å². The number of aromatic nitrogens is 6. The maximum atomic E-state index is 13.2. The Hall–Kier alpha value is -4.38. The third kappa shape index (κ3) is 3.83. The summed E-state index contributed by atoms with van der Waals surface area (Å²) in [5.41, 5.74) is 5.34. The largest absolute Gasteiger partial charge is 0.385 e. The van der Waals surface area contributed by atoms with Crippen LogP contribution in [0.2, 0.25) is 0 Å². The molecule has 0 saturated heterocycles. The zero-order valence-corrected chi connectivity index (χ0v) is 20.2. The number of hydrogen-bond donors (Lipinski definition) is 2. The van der Waals surface area contributed by atoms with Gasteiger partial charge >= 0.3 is 0 Å². The highest BCUT2D eigenvalue weighted by Crippen LogP contribution is 2.32. The number of pyridine rings is 2. The summed E-state index contributed by atoms with van der Waals surface area (Å²) in [6, 6.07) is 10.7. The fraction of sp³-hybridized carbons (Fsp3) is 0.200. The van der Waals surface area contributed by atoms with Crippen molar-refractivity contribution in [3.05, 3.63) is 98.4 Å². The molecule has 36 heavy (non-hydrogen) atoms. The standard InChI is InChI=1S/C25H22N8O2S/c1-26-18-12-16(11-15-5-4-10-32(25(15)35)21-6-2-3-9-27-21)31-33-19(13-28-23(18)33)24(34)30-17-7-8-20-22(17)29-14-36-20/h2-6,9-10,12-14,17,26H,7-8,11H2,1H3,(H,30,34). The van der Waals surface area contributed by atoms with E-state index in [0.29, 0.717) is 34.1 Å². The van der Waals surface area contributed by atoms with E-state index < -0.39 is 0 Å². The predicted octanol–water partition coefficient (Wildman–Crippen LogP) is 2.78. The molecule has 5 aromatic heterocycles. The minimum absolute atomic E-state index is 0.120. The molecule has 1 amide bonds. The first-order valence-corrected chi connectivity index (χ1v) is 12.4. The van der Waals surface area contributed by atoms with E-state index >= 15 is 0 Å². The van der Waals surface area contributed by atoms with Crippen LogP contribution in [-0.4, -0.2) is 42.1 Å². The molecule has 1 aliphatic rings. The third-order valence-corrected chi connectivity index (χ3v) is 7.19. The van der Waals surface area contributed by atoms with Crippen LogP contribution in [0.3, 0.4) is 0 Å². The lowest BCUT2D eigenvalue weighted by molar-refractivity contribution is 0.0929. The van der Waals surface area contributed by atoms with Gasteiger partial charge in [-0.1, -0.05) is 12.1 Å². The summed E-state index contributed by atoms with van der Waals surface area (Å²) in [5, 5.41) is 10.9. The van der Waals surface area contributed by atoms with Crippen molar-refractivity contribution in [3.8, 4) is 5.82 Å². The summed E-state index contributed by atoms with van der Waals surface area (Å²) in [5.74, 6) is 0.282. The van der Waals surface area contributed by atoms with E-state index in [0.717, 1.165) is 18.5 Å². The zero-order chi connectivity index (χ0) is 24.6. The minimum atomic E-state index is -0.266. The first-order valence-electron chi connectivity index (χ1n) is 11.5. The van der Waals surface area contributed by atoms with Crippen molar-refractivity contribution in [1.82, 2.24) is 34.4 Å². The summed E-state index contributed by atoms with van der Waals surface area (Å²) < 4.78 is 3.05. The number of amides is 1. The molecule has 0 saturated carbocycles. The van der Waals surface area contributed by atoms with Gasteiger partial charge in [-0.25, -0.2) is 19.5 Å². The number of fused-ring (bicyclic) bond motifs is 2.